The van der Waals surface area contributed by atoms with Gasteiger partial charge in [0.15, 0.2) is 16.8 Å². The lowest BCUT2D eigenvalue weighted by Crippen LogP contribution is -2.15. The van der Waals surface area contributed by atoms with Gasteiger partial charge in [-0.15, -0.1) is 0 Å². The molecule has 0 unspecified atom stereocenters. The lowest BCUT2D eigenvalue weighted by Gasteiger charge is -2.16. The number of alkyl halides is 3. The molecule has 12 heteroatoms. The van der Waals surface area contributed by atoms with Crippen molar-refractivity contribution in [2.75, 3.05) is 5.73 Å². The minimum Gasteiger partial charge on any atom is -0.382 e. The van der Waals surface area contributed by atoms with E-state index in [1.807, 2.05) is 0 Å². The highest BCUT2D eigenvalue weighted by Gasteiger charge is 2.42. The Hall–Kier alpha value is -1.76. The molecule has 0 saturated carbocycles. The summed E-state index contributed by atoms with van der Waals surface area (Å²) in [6.45, 7) is 0. The first-order valence-corrected chi connectivity index (χ1v) is 6.53. The molecule has 23 heavy (non-hydrogen) atoms. The molecule has 2 N–H and O–H groups in total. The fraction of sp³-hybridized carbons (Fsp3) is 0.0909. The molecule has 2 rings (SSSR count). The molecule has 0 aliphatic carbocycles. The normalized spacial score (nSPS) is 11.6. The summed E-state index contributed by atoms with van der Waals surface area (Å²) in [5.41, 5.74) is 2.09. The average Bonchev–Trinajstić information content (AvgIpc) is 2.70. The van der Waals surface area contributed by atoms with Crippen molar-refractivity contribution >= 4 is 40.6 Å². The fourth-order valence-corrected chi connectivity index (χ4v) is 2.53. The molecular formula is C11H2Cl3F5N4. The number of rotatable bonds is 1. The first kappa shape index (κ1) is 17.6. The third-order valence-electron chi connectivity index (χ3n) is 2.73. The maximum absolute atomic E-state index is 13.9. The summed E-state index contributed by atoms with van der Waals surface area (Å²) >= 11 is 16.6. The van der Waals surface area contributed by atoms with Crippen LogP contribution >= 0.6 is 34.8 Å². The van der Waals surface area contributed by atoms with Crippen LogP contribution in [0.3, 0.4) is 0 Å². The summed E-state index contributed by atoms with van der Waals surface area (Å²) in [4.78, 5) is 0. The van der Waals surface area contributed by atoms with Gasteiger partial charge in [-0.2, -0.15) is 23.5 Å². The van der Waals surface area contributed by atoms with Crippen LogP contribution in [0.15, 0.2) is 0 Å². The van der Waals surface area contributed by atoms with Gasteiger partial charge in [0.1, 0.15) is 38.7 Å². The highest BCUT2D eigenvalue weighted by Crippen LogP contribution is 2.43. The summed E-state index contributed by atoms with van der Waals surface area (Å²) in [6, 6.07) is 1.56. The topological polar surface area (TPSA) is 67.6 Å². The Bertz CT molecular complexity index is 824. The zero-order chi connectivity index (χ0) is 17.7. The first-order valence-electron chi connectivity index (χ1n) is 5.39. The summed E-state index contributed by atoms with van der Waals surface area (Å²) in [5, 5.41) is 9.52. The molecule has 0 saturated heterocycles. The number of hydrogen-bond acceptors (Lipinski definition) is 3. The van der Waals surface area contributed by atoms with Crippen LogP contribution in [0.5, 0.6) is 0 Å². The van der Waals surface area contributed by atoms with Crippen LogP contribution in [0, 0.1) is 23.0 Å². The van der Waals surface area contributed by atoms with Gasteiger partial charge in [-0.1, -0.05) is 34.8 Å². The predicted molar refractivity (Wildman–Crippen MR) is 72.6 cm³/mol. The zero-order valence-corrected chi connectivity index (χ0v) is 12.7. The molecule has 0 spiro atoms. The van der Waals surface area contributed by atoms with E-state index in [0.29, 0.717) is 4.68 Å². The molecular weight excluding hydrogens is 389 g/mol. The molecule has 4 nitrogen and oxygen atoms in total. The van der Waals surface area contributed by atoms with Gasteiger partial charge in [0.2, 0.25) is 0 Å². The minimum absolute atomic E-state index is 0.362. The summed E-state index contributed by atoms with van der Waals surface area (Å²) < 4.78 is 66.3. The van der Waals surface area contributed by atoms with E-state index in [-0.39, 0.29) is 5.56 Å². The molecule has 0 bridgehead atoms. The predicted octanol–water partition coefficient (Wildman–Crippen LogP) is 4.58. The Balaban J connectivity index is 2.90. The molecule has 1 aromatic heterocycles. The van der Waals surface area contributed by atoms with Crippen LogP contribution in [0.4, 0.5) is 27.8 Å². The van der Waals surface area contributed by atoms with Crippen molar-refractivity contribution in [1.29, 1.82) is 5.26 Å². The van der Waals surface area contributed by atoms with E-state index in [9.17, 15) is 22.0 Å². The molecule has 1 aromatic carbocycles. The average molecular weight is 392 g/mol. The van der Waals surface area contributed by atoms with Crippen molar-refractivity contribution in [3.63, 3.8) is 0 Å². The highest BCUT2D eigenvalue weighted by atomic mass is 35.5. The van der Waals surface area contributed by atoms with Crippen LogP contribution in [0.2, 0.25) is 15.2 Å². The quantitative estimate of drug-likeness (QED) is 0.571. The number of anilines is 1. The van der Waals surface area contributed by atoms with E-state index in [2.05, 4.69) is 5.10 Å². The lowest BCUT2D eigenvalue weighted by molar-refractivity contribution is -0.142. The van der Waals surface area contributed by atoms with E-state index in [1.54, 1.807) is 6.07 Å². The van der Waals surface area contributed by atoms with Gasteiger partial charge < -0.3 is 5.73 Å². The third kappa shape index (κ3) is 2.67. The molecule has 0 amide bonds. The fourth-order valence-electron chi connectivity index (χ4n) is 1.73. The summed E-state index contributed by atoms with van der Waals surface area (Å²) in [7, 11) is 0. The third-order valence-corrected chi connectivity index (χ3v) is 3.68. The van der Waals surface area contributed by atoms with Gasteiger partial charge in [0.25, 0.3) is 0 Å². The van der Waals surface area contributed by atoms with Crippen LogP contribution in [0.1, 0.15) is 11.1 Å². The SMILES string of the molecule is N#Cc1c(Cl)nn(-c2c(Cl)c(F)c(C(F)(F)F)c(F)c2Cl)c1N. The van der Waals surface area contributed by atoms with E-state index >= 15 is 0 Å². The number of nitriles is 1. The van der Waals surface area contributed by atoms with E-state index in [0.717, 1.165) is 0 Å². The standard InChI is InChI=1S/C11H2Cl3F5N4/c12-4-6(15)3(11(17,18)19)7(16)5(13)8(4)23-10(21)2(1-20)9(14)22-23/h21H2. The van der Waals surface area contributed by atoms with Crippen molar-refractivity contribution in [2.45, 2.75) is 6.18 Å². The van der Waals surface area contributed by atoms with Crippen LogP contribution < -0.4 is 5.73 Å². The molecule has 0 aliphatic rings. The second kappa shape index (κ2) is 5.70. The minimum atomic E-state index is -5.37. The van der Waals surface area contributed by atoms with E-state index in [1.165, 1.54) is 0 Å². The van der Waals surface area contributed by atoms with Crippen LogP contribution in [0.25, 0.3) is 5.69 Å². The van der Waals surface area contributed by atoms with Gasteiger partial charge in [-0.05, 0) is 0 Å². The van der Waals surface area contributed by atoms with E-state index < -0.39 is 50.1 Å². The second-order valence-corrected chi connectivity index (χ2v) is 5.17. The lowest BCUT2D eigenvalue weighted by atomic mass is 10.1. The van der Waals surface area contributed by atoms with Gasteiger partial charge in [0, 0.05) is 0 Å². The number of nitrogen functional groups attached to an aromatic ring is 1. The van der Waals surface area contributed by atoms with Crippen LogP contribution in [-0.4, -0.2) is 9.78 Å². The Labute approximate surface area is 139 Å². The maximum Gasteiger partial charge on any atom is 0.422 e. The molecule has 122 valence electrons. The number of aromatic nitrogens is 2. The van der Waals surface area contributed by atoms with Crippen molar-refractivity contribution < 1.29 is 22.0 Å². The number of nitrogens with zero attached hydrogens (tertiary/aromatic N) is 3. The highest BCUT2D eigenvalue weighted by molar-refractivity contribution is 6.38. The Morgan fingerprint density at radius 1 is 1.09 bits per heavy atom. The van der Waals surface area contributed by atoms with Gasteiger partial charge in [-0.25, -0.2) is 13.5 Å². The Morgan fingerprint density at radius 2 is 1.57 bits per heavy atom. The van der Waals surface area contributed by atoms with Gasteiger partial charge in [-0.3, -0.25) is 0 Å². The number of benzene rings is 1. The van der Waals surface area contributed by atoms with Crippen LogP contribution in [-0.2, 0) is 6.18 Å². The van der Waals surface area contributed by atoms with Crippen molar-refractivity contribution in [3.05, 3.63) is 38.0 Å². The number of halogens is 8. The molecule has 0 atom stereocenters. The molecule has 0 fully saturated rings. The van der Waals surface area contributed by atoms with Crippen molar-refractivity contribution in [3.8, 4) is 11.8 Å². The number of hydrogen-bond donors (Lipinski definition) is 1. The first-order chi connectivity index (χ1) is 10.5. The van der Waals surface area contributed by atoms with Gasteiger partial charge >= 0.3 is 6.18 Å². The summed E-state index contributed by atoms with van der Waals surface area (Å²) in [5.74, 6) is -4.69. The molecule has 2 aromatic rings. The number of nitrogens with two attached hydrogens (primary N) is 1. The maximum atomic E-state index is 13.9. The zero-order valence-electron chi connectivity index (χ0n) is 10.4. The molecule has 1 heterocycles. The molecule has 0 radical (unpaired) electrons. The Kier molecular flexibility index (Phi) is 4.36. The monoisotopic (exact) mass is 390 g/mol. The van der Waals surface area contributed by atoms with Crippen molar-refractivity contribution in [1.82, 2.24) is 9.78 Å². The largest absolute Gasteiger partial charge is 0.422 e. The van der Waals surface area contributed by atoms with E-state index in [4.69, 9.17) is 45.8 Å². The van der Waals surface area contributed by atoms with Crippen molar-refractivity contribution in [2.24, 2.45) is 0 Å². The molecule has 0 aliphatic heterocycles. The Morgan fingerprint density at radius 3 is 1.91 bits per heavy atom. The summed E-state index contributed by atoms with van der Waals surface area (Å²) in [6.07, 6.45) is -5.37. The van der Waals surface area contributed by atoms with Gasteiger partial charge in [0.05, 0.1) is 0 Å². The second-order valence-electron chi connectivity index (χ2n) is 4.05. The smallest absolute Gasteiger partial charge is 0.382 e.